The van der Waals surface area contributed by atoms with Crippen LogP contribution in [-0.4, -0.2) is 26.3 Å². The quantitative estimate of drug-likeness (QED) is 0.805. The normalized spacial score (nSPS) is 12.2. The second-order valence-electron chi connectivity index (χ2n) is 3.93. The SMILES string of the molecule is NC(=O)c1c(F)ccc(NS(=O)(=O)CCC(F)(F)F)c1F. The second kappa shape index (κ2) is 5.84. The highest BCUT2D eigenvalue weighted by atomic mass is 32.2. The van der Waals surface area contributed by atoms with Crippen molar-refractivity contribution in [1.82, 2.24) is 0 Å². The maximum absolute atomic E-state index is 13.7. The van der Waals surface area contributed by atoms with Gasteiger partial charge in [0.2, 0.25) is 10.0 Å². The summed E-state index contributed by atoms with van der Waals surface area (Å²) < 4.78 is 87.0. The molecule has 0 spiro atoms. The Labute approximate surface area is 116 Å². The molecular weight excluding hydrogens is 323 g/mol. The van der Waals surface area contributed by atoms with Crippen LogP contribution in [0.25, 0.3) is 0 Å². The fourth-order valence-electron chi connectivity index (χ4n) is 1.33. The molecule has 0 saturated heterocycles. The van der Waals surface area contributed by atoms with Crippen LogP contribution in [0.4, 0.5) is 27.6 Å². The van der Waals surface area contributed by atoms with E-state index in [4.69, 9.17) is 5.73 Å². The number of hydrogen-bond acceptors (Lipinski definition) is 3. The van der Waals surface area contributed by atoms with Crippen molar-refractivity contribution in [3.63, 3.8) is 0 Å². The Kier molecular flexibility index (Phi) is 4.76. The van der Waals surface area contributed by atoms with E-state index in [1.807, 2.05) is 0 Å². The average Bonchev–Trinajstić information content (AvgIpc) is 2.29. The van der Waals surface area contributed by atoms with Gasteiger partial charge in [-0.3, -0.25) is 9.52 Å². The van der Waals surface area contributed by atoms with Crippen LogP contribution in [0, 0.1) is 11.6 Å². The molecule has 0 saturated carbocycles. The van der Waals surface area contributed by atoms with Gasteiger partial charge in [0.1, 0.15) is 11.4 Å². The van der Waals surface area contributed by atoms with E-state index in [0.29, 0.717) is 12.1 Å². The lowest BCUT2D eigenvalue weighted by Crippen LogP contribution is -2.23. The molecule has 0 unspecified atom stereocenters. The van der Waals surface area contributed by atoms with Crippen LogP contribution in [0.1, 0.15) is 16.8 Å². The number of benzene rings is 1. The number of rotatable bonds is 5. The lowest BCUT2D eigenvalue weighted by atomic mass is 10.1. The van der Waals surface area contributed by atoms with Crippen LogP contribution in [0.15, 0.2) is 12.1 Å². The van der Waals surface area contributed by atoms with Crippen LogP contribution >= 0.6 is 0 Å². The second-order valence-corrected chi connectivity index (χ2v) is 5.78. The third-order valence-corrected chi connectivity index (χ3v) is 3.53. The Hall–Kier alpha value is -1.91. The number of hydrogen-bond donors (Lipinski definition) is 2. The lowest BCUT2D eigenvalue weighted by molar-refractivity contribution is -0.129. The van der Waals surface area contributed by atoms with Gasteiger partial charge in [0.25, 0.3) is 5.91 Å². The molecule has 1 aromatic carbocycles. The molecule has 0 aromatic heterocycles. The lowest BCUT2D eigenvalue weighted by Gasteiger charge is -2.11. The first-order valence-electron chi connectivity index (χ1n) is 5.28. The molecule has 0 bridgehead atoms. The standard InChI is InChI=1S/C10H9F5N2O3S/c11-5-1-2-6(8(12)7(5)9(16)18)17-21(19,20)4-3-10(13,14)15/h1-2,17H,3-4H2,(H2,16,18). The van der Waals surface area contributed by atoms with E-state index in [-0.39, 0.29) is 0 Å². The van der Waals surface area contributed by atoms with Crippen molar-refractivity contribution < 1.29 is 35.2 Å². The summed E-state index contributed by atoms with van der Waals surface area (Å²) >= 11 is 0. The first kappa shape index (κ1) is 17.1. The summed E-state index contributed by atoms with van der Waals surface area (Å²) in [5.41, 5.74) is 2.66. The van der Waals surface area contributed by atoms with Gasteiger partial charge in [-0.05, 0) is 12.1 Å². The molecule has 118 valence electrons. The average molecular weight is 332 g/mol. The zero-order valence-electron chi connectivity index (χ0n) is 10.2. The monoisotopic (exact) mass is 332 g/mol. The third-order valence-electron chi connectivity index (χ3n) is 2.26. The molecule has 1 rings (SSSR count). The Balaban J connectivity index is 3.04. The van der Waals surface area contributed by atoms with E-state index < -0.39 is 57.2 Å². The zero-order valence-corrected chi connectivity index (χ0v) is 11.0. The number of anilines is 1. The number of sulfonamides is 1. The van der Waals surface area contributed by atoms with Crippen LogP contribution in [0.3, 0.4) is 0 Å². The fourth-order valence-corrected chi connectivity index (χ4v) is 2.42. The van der Waals surface area contributed by atoms with Gasteiger partial charge in [-0.1, -0.05) is 0 Å². The van der Waals surface area contributed by atoms with Gasteiger partial charge in [0.15, 0.2) is 5.82 Å². The first-order chi connectivity index (χ1) is 9.43. The Morgan fingerprint density at radius 2 is 1.81 bits per heavy atom. The molecular formula is C10H9F5N2O3S. The zero-order chi connectivity index (χ0) is 16.4. The minimum Gasteiger partial charge on any atom is -0.365 e. The van der Waals surface area contributed by atoms with Crippen molar-refractivity contribution in [3.05, 3.63) is 29.3 Å². The molecule has 3 N–H and O–H groups in total. The van der Waals surface area contributed by atoms with Crippen molar-refractivity contribution >= 4 is 21.6 Å². The number of nitrogens with two attached hydrogens (primary N) is 1. The molecule has 0 atom stereocenters. The van der Waals surface area contributed by atoms with Crippen molar-refractivity contribution in [1.29, 1.82) is 0 Å². The van der Waals surface area contributed by atoms with Gasteiger partial charge in [-0.25, -0.2) is 17.2 Å². The molecule has 0 aliphatic heterocycles. The fraction of sp³-hybridized carbons (Fsp3) is 0.300. The summed E-state index contributed by atoms with van der Waals surface area (Å²) in [7, 11) is -4.53. The van der Waals surface area contributed by atoms with Gasteiger partial charge in [0, 0.05) is 0 Å². The van der Waals surface area contributed by atoms with Gasteiger partial charge >= 0.3 is 6.18 Å². The highest BCUT2D eigenvalue weighted by molar-refractivity contribution is 7.92. The number of nitrogens with one attached hydrogen (secondary N) is 1. The summed E-state index contributed by atoms with van der Waals surface area (Å²) in [5.74, 6) is -5.75. The van der Waals surface area contributed by atoms with E-state index in [0.717, 1.165) is 0 Å². The predicted octanol–water partition coefficient (Wildman–Crippen LogP) is 1.76. The highest BCUT2D eigenvalue weighted by Crippen LogP contribution is 2.24. The molecule has 21 heavy (non-hydrogen) atoms. The van der Waals surface area contributed by atoms with E-state index in [2.05, 4.69) is 0 Å². The third kappa shape index (κ3) is 4.85. The molecule has 1 amide bonds. The van der Waals surface area contributed by atoms with Crippen molar-refractivity contribution in [2.75, 3.05) is 10.5 Å². The first-order valence-corrected chi connectivity index (χ1v) is 6.93. The molecule has 0 aliphatic carbocycles. The maximum Gasteiger partial charge on any atom is 0.390 e. The molecule has 1 aromatic rings. The van der Waals surface area contributed by atoms with Crippen LogP contribution in [0.2, 0.25) is 0 Å². The van der Waals surface area contributed by atoms with Crippen LogP contribution in [0.5, 0.6) is 0 Å². The summed E-state index contributed by atoms with van der Waals surface area (Å²) in [6.07, 6.45) is -6.36. The number of alkyl halides is 3. The number of carbonyl (C=O) groups is 1. The Bertz CT molecular complexity index is 657. The van der Waals surface area contributed by atoms with Gasteiger partial charge in [-0.2, -0.15) is 13.2 Å². The van der Waals surface area contributed by atoms with Crippen molar-refractivity contribution in [3.8, 4) is 0 Å². The molecule has 0 radical (unpaired) electrons. The van der Waals surface area contributed by atoms with Gasteiger partial charge in [-0.15, -0.1) is 0 Å². The van der Waals surface area contributed by atoms with Crippen molar-refractivity contribution in [2.45, 2.75) is 12.6 Å². The maximum atomic E-state index is 13.7. The van der Waals surface area contributed by atoms with E-state index in [1.54, 1.807) is 0 Å². The summed E-state index contributed by atoms with van der Waals surface area (Å²) in [4.78, 5) is 10.8. The largest absolute Gasteiger partial charge is 0.390 e. The summed E-state index contributed by atoms with van der Waals surface area (Å²) in [5, 5.41) is 0. The molecule has 11 heteroatoms. The highest BCUT2D eigenvalue weighted by Gasteiger charge is 2.30. The topological polar surface area (TPSA) is 89.3 Å². The molecule has 5 nitrogen and oxygen atoms in total. The van der Waals surface area contributed by atoms with Crippen LogP contribution in [-0.2, 0) is 10.0 Å². The molecule has 0 fully saturated rings. The Morgan fingerprint density at radius 3 is 2.29 bits per heavy atom. The molecule has 0 heterocycles. The van der Waals surface area contributed by atoms with E-state index in [1.165, 1.54) is 4.72 Å². The van der Waals surface area contributed by atoms with E-state index in [9.17, 15) is 35.2 Å². The minimum absolute atomic E-state index is 0.560. The van der Waals surface area contributed by atoms with Crippen LogP contribution < -0.4 is 10.5 Å². The molecule has 0 aliphatic rings. The number of carbonyl (C=O) groups excluding carboxylic acids is 1. The number of halogens is 5. The summed E-state index contributed by atoms with van der Waals surface area (Å²) in [6.45, 7) is 0. The van der Waals surface area contributed by atoms with Gasteiger partial charge in [0.05, 0.1) is 17.9 Å². The minimum atomic E-state index is -4.71. The number of primary amides is 1. The van der Waals surface area contributed by atoms with E-state index >= 15 is 0 Å². The summed E-state index contributed by atoms with van der Waals surface area (Å²) in [6, 6.07) is 1.19. The predicted molar refractivity (Wildman–Crippen MR) is 63.0 cm³/mol. The smallest absolute Gasteiger partial charge is 0.365 e. The van der Waals surface area contributed by atoms with Crippen molar-refractivity contribution in [2.24, 2.45) is 5.73 Å². The number of amides is 1. The van der Waals surface area contributed by atoms with Gasteiger partial charge < -0.3 is 5.73 Å². The Morgan fingerprint density at radius 1 is 1.24 bits per heavy atom.